The summed E-state index contributed by atoms with van der Waals surface area (Å²) in [7, 11) is 0. The number of rotatable bonds is 3. The molecule has 0 bridgehead atoms. The molecule has 0 amide bonds. The predicted molar refractivity (Wildman–Crippen MR) is 65.7 cm³/mol. The number of pyridine rings is 1. The number of hydrogen-bond acceptors (Lipinski definition) is 3. The number of halogens is 1. The lowest BCUT2D eigenvalue weighted by Gasteiger charge is -2.26. The van der Waals surface area contributed by atoms with E-state index >= 15 is 0 Å². The van der Waals surface area contributed by atoms with E-state index in [0.29, 0.717) is 10.9 Å². The minimum atomic E-state index is -0.112. The van der Waals surface area contributed by atoms with E-state index < -0.39 is 0 Å². The Morgan fingerprint density at radius 1 is 1.44 bits per heavy atom. The van der Waals surface area contributed by atoms with Crippen LogP contribution in [0.1, 0.15) is 25.7 Å². The average molecular weight is 241 g/mol. The second kappa shape index (κ2) is 5.51. The van der Waals surface area contributed by atoms with E-state index in [1.807, 2.05) is 12.1 Å². The average Bonchev–Trinajstić information content (AvgIpc) is 2.28. The molecule has 0 aliphatic heterocycles. The van der Waals surface area contributed by atoms with Gasteiger partial charge >= 0.3 is 0 Å². The van der Waals surface area contributed by atoms with E-state index in [-0.39, 0.29) is 6.10 Å². The third kappa shape index (κ3) is 3.35. The molecule has 4 heteroatoms. The Balaban J connectivity index is 1.80. The summed E-state index contributed by atoms with van der Waals surface area (Å²) in [6.07, 6.45) is 5.70. The normalized spacial score (nSPS) is 25.4. The first kappa shape index (κ1) is 11.7. The van der Waals surface area contributed by atoms with Gasteiger partial charge in [-0.15, -0.1) is 0 Å². The molecule has 1 aromatic heterocycles. The van der Waals surface area contributed by atoms with Gasteiger partial charge in [-0.2, -0.15) is 0 Å². The van der Waals surface area contributed by atoms with Crippen molar-refractivity contribution in [1.29, 1.82) is 0 Å². The van der Waals surface area contributed by atoms with E-state index in [1.54, 1.807) is 6.20 Å². The second-order valence-corrected chi connectivity index (χ2v) is 4.87. The Hall–Kier alpha value is -0.800. The van der Waals surface area contributed by atoms with Crippen molar-refractivity contribution in [1.82, 2.24) is 4.98 Å². The molecule has 88 valence electrons. The molecule has 0 aromatic carbocycles. The number of hydrogen-bond donors (Lipinski definition) is 2. The molecule has 1 saturated carbocycles. The van der Waals surface area contributed by atoms with Crippen LogP contribution in [0.3, 0.4) is 0 Å². The first-order valence-corrected chi connectivity index (χ1v) is 6.15. The summed E-state index contributed by atoms with van der Waals surface area (Å²) in [5.41, 5.74) is 0. The minimum Gasteiger partial charge on any atom is -0.393 e. The first-order chi connectivity index (χ1) is 7.74. The van der Waals surface area contributed by atoms with Crippen molar-refractivity contribution in [3.8, 4) is 0 Å². The van der Waals surface area contributed by atoms with Crippen LogP contribution in [0.2, 0.25) is 5.02 Å². The fraction of sp³-hybridized carbons (Fsp3) is 0.583. The minimum absolute atomic E-state index is 0.112. The molecule has 16 heavy (non-hydrogen) atoms. The summed E-state index contributed by atoms with van der Waals surface area (Å²) in [5, 5.41) is 13.5. The van der Waals surface area contributed by atoms with Crippen molar-refractivity contribution in [3.05, 3.63) is 23.4 Å². The summed E-state index contributed by atoms with van der Waals surface area (Å²) in [4.78, 5) is 4.18. The summed E-state index contributed by atoms with van der Waals surface area (Å²) in [6.45, 7) is 0.881. The smallest absolute Gasteiger partial charge is 0.125 e. The van der Waals surface area contributed by atoms with Gasteiger partial charge in [0, 0.05) is 12.7 Å². The van der Waals surface area contributed by atoms with E-state index in [2.05, 4.69) is 10.3 Å². The van der Waals surface area contributed by atoms with Crippen LogP contribution in [-0.4, -0.2) is 22.7 Å². The summed E-state index contributed by atoms with van der Waals surface area (Å²) in [5.74, 6) is 1.41. The molecule has 0 radical (unpaired) electrons. The number of aromatic nitrogens is 1. The quantitative estimate of drug-likeness (QED) is 0.854. The van der Waals surface area contributed by atoms with E-state index in [0.717, 1.165) is 31.6 Å². The molecule has 1 fully saturated rings. The summed E-state index contributed by atoms with van der Waals surface area (Å²) in [6, 6.07) is 3.70. The third-order valence-electron chi connectivity index (χ3n) is 3.05. The highest BCUT2D eigenvalue weighted by atomic mass is 35.5. The molecule has 0 saturated heterocycles. The van der Waals surface area contributed by atoms with Crippen molar-refractivity contribution < 1.29 is 5.11 Å². The van der Waals surface area contributed by atoms with Crippen molar-refractivity contribution in [2.75, 3.05) is 11.9 Å². The highest BCUT2D eigenvalue weighted by Crippen LogP contribution is 2.24. The van der Waals surface area contributed by atoms with Crippen LogP contribution in [0.15, 0.2) is 18.3 Å². The zero-order valence-electron chi connectivity index (χ0n) is 9.19. The Bertz CT molecular complexity index is 328. The summed E-state index contributed by atoms with van der Waals surface area (Å²) < 4.78 is 0. The number of aliphatic hydroxyl groups excluding tert-OH is 1. The Morgan fingerprint density at radius 2 is 2.31 bits per heavy atom. The van der Waals surface area contributed by atoms with Gasteiger partial charge in [0.1, 0.15) is 5.82 Å². The fourth-order valence-corrected chi connectivity index (χ4v) is 2.29. The number of nitrogens with one attached hydrogen (secondary N) is 1. The molecule has 1 aliphatic carbocycles. The molecule has 1 heterocycles. The van der Waals surface area contributed by atoms with E-state index in [9.17, 15) is 5.11 Å². The van der Waals surface area contributed by atoms with Crippen molar-refractivity contribution >= 4 is 17.4 Å². The van der Waals surface area contributed by atoms with Crippen LogP contribution in [0.4, 0.5) is 5.82 Å². The number of aliphatic hydroxyl groups is 1. The van der Waals surface area contributed by atoms with Gasteiger partial charge in [-0.1, -0.05) is 18.0 Å². The molecular formula is C12H17ClN2O. The molecule has 2 unspecified atom stereocenters. The van der Waals surface area contributed by atoms with Gasteiger partial charge in [-0.3, -0.25) is 0 Å². The molecule has 2 N–H and O–H groups in total. The fourth-order valence-electron chi connectivity index (χ4n) is 2.18. The molecule has 1 aromatic rings. The summed E-state index contributed by atoms with van der Waals surface area (Å²) >= 11 is 5.76. The van der Waals surface area contributed by atoms with Crippen molar-refractivity contribution in [2.45, 2.75) is 31.8 Å². The standard InChI is InChI=1S/C12H17ClN2O/c13-10-4-5-12(15-8-10)14-7-9-2-1-3-11(16)6-9/h4-5,8-9,11,16H,1-3,6-7H2,(H,14,15). The second-order valence-electron chi connectivity index (χ2n) is 4.43. The maximum atomic E-state index is 9.55. The highest BCUT2D eigenvalue weighted by molar-refractivity contribution is 6.30. The van der Waals surface area contributed by atoms with Gasteiger partial charge < -0.3 is 10.4 Å². The van der Waals surface area contributed by atoms with Crippen LogP contribution in [0.5, 0.6) is 0 Å². The monoisotopic (exact) mass is 240 g/mol. The molecule has 2 rings (SSSR count). The van der Waals surface area contributed by atoms with Gasteiger partial charge in [-0.05, 0) is 37.3 Å². The van der Waals surface area contributed by atoms with Crippen LogP contribution >= 0.6 is 11.6 Å². The van der Waals surface area contributed by atoms with Gasteiger partial charge in [-0.25, -0.2) is 4.98 Å². The Labute approximate surface area is 101 Å². The zero-order valence-corrected chi connectivity index (χ0v) is 9.95. The van der Waals surface area contributed by atoms with Gasteiger partial charge in [0.25, 0.3) is 0 Å². The maximum Gasteiger partial charge on any atom is 0.125 e. The van der Waals surface area contributed by atoms with E-state index in [4.69, 9.17) is 11.6 Å². The van der Waals surface area contributed by atoms with Crippen LogP contribution in [0, 0.1) is 5.92 Å². The van der Waals surface area contributed by atoms with E-state index in [1.165, 1.54) is 6.42 Å². The zero-order chi connectivity index (χ0) is 11.4. The molecule has 0 spiro atoms. The molecule has 1 aliphatic rings. The van der Waals surface area contributed by atoms with Gasteiger partial charge in [0.05, 0.1) is 11.1 Å². The van der Waals surface area contributed by atoms with Crippen molar-refractivity contribution in [2.24, 2.45) is 5.92 Å². The highest BCUT2D eigenvalue weighted by Gasteiger charge is 2.19. The largest absolute Gasteiger partial charge is 0.393 e. The molecule has 2 atom stereocenters. The predicted octanol–water partition coefficient (Wildman–Crippen LogP) is 2.70. The number of nitrogens with zero attached hydrogens (tertiary/aromatic N) is 1. The third-order valence-corrected chi connectivity index (χ3v) is 3.28. The SMILES string of the molecule is OC1CCCC(CNc2ccc(Cl)cn2)C1. The first-order valence-electron chi connectivity index (χ1n) is 5.77. The van der Waals surface area contributed by atoms with Crippen LogP contribution in [-0.2, 0) is 0 Å². The molecule has 3 nitrogen and oxygen atoms in total. The lowest BCUT2D eigenvalue weighted by atomic mass is 9.87. The van der Waals surface area contributed by atoms with Gasteiger partial charge in [0.2, 0.25) is 0 Å². The van der Waals surface area contributed by atoms with Crippen LogP contribution < -0.4 is 5.32 Å². The molecular weight excluding hydrogens is 224 g/mol. The van der Waals surface area contributed by atoms with Crippen LogP contribution in [0.25, 0.3) is 0 Å². The van der Waals surface area contributed by atoms with Crippen molar-refractivity contribution in [3.63, 3.8) is 0 Å². The maximum absolute atomic E-state index is 9.55. The Morgan fingerprint density at radius 3 is 3.00 bits per heavy atom. The lowest BCUT2D eigenvalue weighted by molar-refractivity contribution is 0.104. The number of anilines is 1. The topological polar surface area (TPSA) is 45.1 Å². The Kier molecular flexibility index (Phi) is 4.02. The lowest BCUT2D eigenvalue weighted by Crippen LogP contribution is -2.25. The van der Waals surface area contributed by atoms with Gasteiger partial charge in [0.15, 0.2) is 0 Å².